The van der Waals surface area contributed by atoms with Crippen molar-refractivity contribution in [3.63, 3.8) is 0 Å². The Bertz CT molecular complexity index is 976. The lowest BCUT2D eigenvalue weighted by Crippen LogP contribution is -2.27. The Hall–Kier alpha value is -2.77. The highest BCUT2D eigenvalue weighted by Gasteiger charge is 2.29. The molecule has 9 heteroatoms. The average Bonchev–Trinajstić information content (AvgIpc) is 3.58. The zero-order chi connectivity index (χ0) is 27.5. The third-order valence-electron chi connectivity index (χ3n) is 5.48. The van der Waals surface area contributed by atoms with Crippen LogP contribution >= 0.6 is 8.53 Å². The van der Waals surface area contributed by atoms with Gasteiger partial charge in [0, 0.05) is 32.0 Å². The zero-order valence-electron chi connectivity index (χ0n) is 22.5. The van der Waals surface area contributed by atoms with Crippen LogP contribution in [0.25, 0.3) is 5.57 Å². The van der Waals surface area contributed by atoms with E-state index in [-0.39, 0.29) is 12.5 Å². The van der Waals surface area contributed by atoms with Crippen LogP contribution in [-0.2, 0) is 9.26 Å². The van der Waals surface area contributed by atoms with Crippen LogP contribution in [-0.4, -0.2) is 52.3 Å². The van der Waals surface area contributed by atoms with Crippen molar-refractivity contribution in [3.05, 3.63) is 84.5 Å². The lowest BCUT2D eigenvalue weighted by molar-refractivity contribution is 0.142. The van der Waals surface area contributed by atoms with Gasteiger partial charge in [-0.2, -0.15) is 0 Å². The van der Waals surface area contributed by atoms with Gasteiger partial charge in [0.25, 0.3) is 8.53 Å². The maximum atomic E-state index is 12.2. The Balaban J connectivity index is 0.00000163. The van der Waals surface area contributed by atoms with Gasteiger partial charge in [-0.25, -0.2) is 9.78 Å². The molecule has 1 heterocycles. The Morgan fingerprint density at radius 1 is 1.22 bits per heavy atom. The Morgan fingerprint density at radius 2 is 1.95 bits per heavy atom. The molecule has 0 fully saturated rings. The molecule has 204 valence electrons. The quantitative estimate of drug-likeness (QED) is 0.210. The number of alkyl carbamates (subject to hydrolysis) is 1. The van der Waals surface area contributed by atoms with Gasteiger partial charge in [0.2, 0.25) is 0 Å². The van der Waals surface area contributed by atoms with Crippen LogP contribution in [0.1, 0.15) is 63.5 Å². The minimum Gasteiger partial charge on any atom is -0.449 e. The number of nitrogens with zero attached hydrogens (tertiary/aromatic N) is 2. The van der Waals surface area contributed by atoms with Crippen LogP contribution < -0.4 is 5.32 Å². The fourth-order valence-corrected chi connectivity index (χ4v) is 4.64. The summed E-state index contributed by atoms with van der Waals surface area (Å²) in [5.41, 5.74) is 4.56. The van der Waals surface area contributed by atoms with Crippen LogP contribution in [0.5, 0.6) is 0 Å². The molecule has 0 bridgehead atoms. The second-order valence-corrected chi connectivity index (χ2v) is 8.91. The molecule has 2 atom stereocenters. The number of amides is 1. The highest BCUT2D eigenvalue weighted by atomic mass is 31.2. The fourth-order valence-electron chi connectivity index (χ4n) is 3.89. The Labute approximate surface area is 222 Å². The first-order valence-electron chi connectivity index (χ1n) is 12.7. The molecule has 3 N–H and O–H groups in total. The number of allylic oxidation sites excluding steroid dienone is 4. The fraction of sp³-hybridized carbons (Fsp3) is 0.429. The van der Waals surface area contributed by atoms with Gasteiger partial charge in [-0.1, -0.05) is 75.8 Å². The molecule has 2 aromatic rings. The highest BCUT2D eigenvalue weighted by molar-refractivity contribution is 7.44. The number of imidazole rings is 1. The standard InChI is InChI=1S/C25H32N3O4P.C2H6.CH4O/c1-3-11-21-20(4-2)24(23-13-8-7-12-22(21)23)18-31-25(29)27-14-9-5-6-10-17-32-33(30)28-16-15-26-19-28;2*1-2/h3-4,7-8,11-13,15-16,19,24,30H,2,5-6,9-10,14,17-18H2,1H3,(H,27,29);1-2H3;2H,1H3/b11-3-;;. The number of nitrogens with one attached hydrogen (secondary N) is 1. The van der Waals surface area contributed by atoms with Crippen molar-refractivity contribution < 1.29 is 24.1 Å². The second-order valence-electron chi connectivity index (χ2n) is 7.68. The van der Waals surface area contributed by atoms with E-state index in [4.69, 9.17) is 14.4 Å². The molecule has 1 aliphatic rings. The summed E-state index contributed by atoms with van der Waals surface area (Å²) in [7, 11) is -0.642. The van der Waals surface area contributed by atoms with E-state index in [1.54, 1.807) is 16.7 Å². The molecule has 0 aliphatic heterocycles. The number of fused-ring (bicyclic) bond motifs is 1. The molecule has 0 saturated heterocycles. The monoisotopic (exact) mass is 531 g/mol. The third kappa shape index (κ3) is 10.3. The molecule has 2 unspecified atom stereocenters. The van der Waals surface area contributed by atoms with E-state index < -0.39 is 14.6 Å². The van der Waals surface area contributed by atoms with Gasteiger partial charge in [0.15, 0.2) is 0 Å². The maximum absolute atomic E-state index is 12.2. The molecule has 0 saturated carbocycles. The molecule has 0 spiro atoms. The molecule has 1 aromatic carbocycles. The Morgan fingerprint density at radius 3 is 2.62 bits per heavy atom. The lowest BCUT2D eigenvalue weighted by Gasteiger charge is -2.15. The van der Waals surface area contributed by atoms with Gasteiger partial charge in [-0.3, -0.25) is 4.34 Å². The number of carbonyl (C=O) groups excluding carboxylic acids is 1. The number of benzene rings is 1. The summed E-state index contributed by atoms with van der Waals surface area (Å²) >= 11 is 0. The third-order valence-corrected chi connectivity index (χ3v) is 6.53. The molecule has 3 rings (SSSR count). The van der Waals surface area contributed by atoms with E-state index in [1.165, 1.54) is 11.9 Å². The van der Waals surface area contributed by atoms with E-state index in [2.05, 4.69) is 35.1 Å². The predicted molar refractivity (Wildman–Crippen MR) is 151 cm³/mol. The number of ether oxygens (including phenoxy) is 1. The molecule has 8 nitrogen and oxygen atoms in total. The summed E-state index contributed by atoms with van der Waals surface area (Å²) in [5, 5.41) is 9.83. The van der Waals surface area contributed by atoms with Crippen molar-refractivity contribution in [1.29, 1.82) is 0 Å². The highest BCUT2D eigenvalue weighted by Crippen LogP contribution is 2.43. The van der Waals surface area contributed by atoms with Crippen LogP contribution in [0.2, 0.25) is 0 Å². The van der Waals surface area contributed by atoms with E-state index in [0.717, 1.165) is 49.5 Å². The van der Waals surface area contributed by atoms with Gasteiger partial charge in [0.1, 0.15) is 12.9 Å². The summed E-state index contributed by atoms with van der Waals surface area (Å²) in [4.78, 5) is 25.9. The first-order valence-corrected chi connectivity index (χ1v) is 13.9. The van der Waals surface area contributed by atoms with E-state index >= 15 is 0 Å². The van der Waals surface area contributed by atoms with Gasteiger partial charge in [-0.15, -0.1) is 0 Å². The van der Waals surface area contributed by atoms with Crippen molar-refractivity contribution in [2.45, 2.75) is 52.4 Å². The van der Waals surface area contributed by atoms with Gasteiger partial charge in [-0.05, 0) is 42.0 Å². The largest absolute Gasteiger partial charge is 0.449 e. The topological polar surface area (TPSA) is 106 Å². The normalized spacial score (nSPS) is 14.7. The van der Waals surface area contributed by atoms with Gasteiger partial charge < -0.3 is 24.6 Å². The van der Waals surface area contributed by atoms with Gasteiger partial charge >= 0.3 is 6.09 Å². The molecular weight excluding hydrogens is 489 g/mol. The molecular formula is C28H42N3O5P. The molecule has 1 amide bonds. The minimum atomic E-state index is -1.64. The van der Waals surface area contributed by atoms with Crippen LogP contribution in [0.15, 0.2) is 73.4 Å². The Kier molecular flexibility index (Phi) is 16.9. The summed E-state index contributed by atoms with van der Waals surface area (Å²) in [6.45, 7) is 11.3. The number of hydrogen-bond donors (Lipinski definition) is 3. The van der Waals surface area contributed by atoms with Crippen molar-refractivity contribution in [1.82, 2.24) is 14.6 Å². The van der Waals surface area contributed by atoms with E-state index in [9.17, 15) is 9.69 Å². The molecule has 0 radical (unpaired) electrons. The SMILES string of the molecule is C=CC1=C(/C=C\C)c2ccccc2C1COC(=O)NCCCCCCOP(O)n1ccnc1.CC.CO. The summed E-state index contributed by atoms with van der Waals surface area (Å²) < 4.78 is 12.5. The first-order chi connectivity index (χ1) is 18.2. The number of rotatable bonds is 13. The smallest absolute Gasteiger partial charge is 0.407 e. The van der Waals surface area contributed by atoms with Crippen molar-refractivity contribution in [2.24, 2.45) is 0 Å². The average molecular weight is 532 g/mol. The first kappa shape index (κ1) is 32.3. The van der Waals surface area contributed by atoms with Crippen molar-refractivity contribution in [2.75, 3.05) is 26.9 Å². The van der Waals surface area contributed by atoms with Crippen molar-refractivity contribution in [3.8, 4) is 0 Å². The molecule has 1 aromatic heterocycles. The zero-order valence-corrected chi connectivity index (χ0v) is 23.4. The second kappa shape index (κ2) is 19.4. The number of unbranched alkanes of at least 4 members (excludes halogenated alkanes) is 3. The van der Waals surface area contributed by atoms with E-state index in [1.807, 2.05) is 45.1 Å². The number of aromatic nitrogens is 2. The number of carbonyl (C=O) groups is 1. The molecule has 37 heavy (non-hydrogen) atoms. The maximum Gasteiger partial charge on any atom is 0.407 e. The van der Waals surface area contributed by atoms with Crippen molar-refractivity contribution >= 4 is 20.2 Å². The summed E-state index contributed by atoms with van der Waals surface area (Å²) in [6.07, 6.45) is 14.0. The van der Waals surface area contributed by atoms with Gasteiger partial charge in [0.05, 0.1) is 6.61 Å². The number of aliphatic hydroxyl groups is 1. The molecule has 1 aliphatic carbocycles. The lowest BCUT2D eigenvalue weighted by atomic mass is 9.97. The number of hydrogen-bond acceptors (Lipinski definition) is 6. The van der Waals surface area contributed by atoms with Crippen LogP contribution in [0.4, 0.5) is 4.79 Å². The predicted octanol–water partition coefficient (Wildman–Crippen LogP) is 6.20. The summed E-state index contributed by atoms with van der Waals surface area (Å²) in [5.74, 6) is -0.00465. The summed E-state index contributed by atoms with van der Waals surface area (Å²) in [6, 6.07) is 8.21. The van der Waals surface area contributed by atoms with Crippen LogP contribution in [0, 0.1) is 0 Å². The number of aliphatic hydroxyl groups excluding tert-OH is 1. The van der Waals surface area contributed by atoms with E-state index in [0.29, 0.717) is 13.2 Å². The minimum absolute atomic E-state index is 0.00465. The van der Waals surface area contributed by atoms with Crippen LogP contribution in [0.3, 0.4) is 0 Å².